The van der Waals surface area contributed by atoms with Crippen molar-refractivity contribution in [1.82, 2.24) is 9.97 Å². The molecule has 0 radical (unpaired) electrons. The van der Waals surface area contributed by atoms with Gasteiger partial charge in [0.05, 0.1) is 18.1 Å². The van der Waals surface area contributed by atoms with Crippen LogP contribution in [0.4, 0.5) is 5.82 Å². The summed E-state index contributed by atoms with van der Waals surface area (Å²) in [6, 6.07) is 1.77. The van der Waals surface area contributed by atoms with E-state index in [2.05, 4.69) is 9.97 Å². The van der Waals surface area contributed by atoms with Gasteiger partial charge >= 0.3 is 0 Å². The van der Waals surface area contributed by atoms with Crippen LogP contribution < -0.4 is 5.73 Å². The van der Waals surface area contributed by atoms with Gasteiger partial charge in [-0.1, -0.05) is 12.8 Å². The molecule has 5 heteroatoms. The molecule has 0 spiro atoms. The average molecular weight is 253 g/mol. The number of hydrogen-bond donors (Lipinski definition) is 1. The number of nitrogens with two attached hydrogens (primary N) is 1. The van der Waals surface area contributed by atoms with Gasteiger partial charge in [-0.2, -0.15) is 11.8 Å². The minimum atomic E-state index is 0.494. The second kappa shape index (κ2) is 6.21. The van der Waals surface area contributed by atoms with Crippen molar-refractivity contribution >= 4 is 17.6 Å². The number of aromatic nitrogens is 2. The Morgan fingerprint density at radius 3 is 2.88 bits per heavy atom. The normalized spacial score (nSPS) is 16.5. The summed E-state index contributed by atoms with van der Waals surface area (Å²) in [5, 5.41) is 0.783. The zero-order chi connectivity index (χ0) is 12.1. The Labute approximate surface area is 106 Å². The Morgan fingerprint density at radius 1 is 1.41 bits per heavy atom. The molecule has 0 bridgehead atoms. The molecule has 0 aliphatic heterocycles. The Kier molecular flexibility index (Phi) is 4.62. The first-order valence-electron chi connectivity index (χ1n) is 6.01. The number of anilines is 1. The largest absolute Gasteiger partial charge is 0.384 e. The van der Waals surface area contributed by atoms with E-state index in [1.807, 2.05) is 11.8 Å². The van der Waals surface area contributed by atoms with Crippen molar-refractivity contribution in [2.45, 2.75) is 43.3 Å². The molecule has 1 aromatic heterocycles. The van der Waals surface area contributed by atoms with Crippen LogP contribution in [-0.2, 0) is 17.1 Å². The van der Waals surface area contributed by atoms with Crippen molar-refractivity contribution in [1.29, 1.82) is 0 Å². The zero-order valence-electron chi connectivity index (χ0n) is 10.2. The van der Waals surface area contributed by atoms with Crippen molar-refractivity contribution in [3.8, 4) is 0 Å². The predicted octanol–water partition coefficient (Wildman–Crippen LogP) is 2.38. The van der Waals surface area contributed by atoms with Crippen LogP contribution in [0.25, 0.3) is 0 Å². The fraction of sp³-hybridized carbons (Fsp3) is 0.667. The van der Waals surface area contributed by atoms with E-state index in [0.717, 1.165) is 22.5 Å². The van der Waals surface area contributed by atoms with Gasteiger partial charge in [0.2, 0.25) is 0 Å². The molecule has 2 rings (SSSR count). The molecule has 1 aromatic rings. The summed E-state index contributed by atoms with van der Waals surface area (Å²) in [5.74, 6) is 2.22. The molecule has 1 aliphatic rings. The second-order valence-corrected chi connectivity index (χ2v) is 5.64. The van der Waals surface area contributed by atoms with Crippen LogP contribution in [-0.4, -0.2) is 22.3 Å². The van der Waals surface area contributed by atoms with E-state index in [4.69, 9.17) is 10.5 Å². The third kappa shape index (κ3) is 3.85. The van der Waals surface area contributed by atoms with Crippen LogP contribution >= 0.6 is 11.8 Å². The molecule has 0 unspecified atom stereocenters. The summed E-state index contributed by atoms with van der Waals surface area (Å²) in [6.07, 6.45) is 5.39. The van der Waals surface area contributed by atoms with E-state index in [-0.39, 0.29) is 0 Å². The molecule has 1 heterocycles. The first-order chi connectivity index (χ1) is 8.28. The maximum Gasteiger partial charge on any atom is 0.140 e. The molecule has 0 atom stereocenters. The topological polar surface area (TPSA) is 61.0 Å². The van der Waals surface area contributed by atoms with Crippen LogP contribution in [0, 0.1) is 0 Å². The SMILES string of the molecule is COCc1cc(N)nc(CSC2CCCC2)n1. The zero-order valence-corrected chi connectivity index (χ0v) is 11.0. The van der Waals surface area contributed by atoms with Gasteiger partial charge in [-0.3, -0.25) is 0 Å². The van der Waals surface area contributed by atoms with Crippen LogP contribution in [0.15, 0.2) is 6.07 Å². The third-order valence-corrected chi connectivity index (χ3v) is 4.26. The number of nitrogens with zero attached hydrogens (tertiary/aromatic N) is 2. The number of methoxy groups -OCH3 is 1. The lowest BCUT2D eigenvalue weighted by molar-refractivity contribution is 0.181. The molecule has 0 saturated heterocycles. The predicted molar refractivity (Wildman–Crippen MR) is 70.7 cm³/mol. The number of nitrogen functional groups attached to an aromatic ring is 1. The minimum Gasteiger partial charge on any atom is -0.384 e. The molecule has 17 heavy (non-hydrogen) atoms. The van der Waals surface area contributed by atoms with Gasteiger partial charge in [0.1, 0.15) is 11.6 Å². The number of thioether (sulfide) groups is 1. The molecule has 0 aromatic carbocycles. The second-order valence-electron chi connectivity index (χ2n) is 4.35. The first-order valence-corrected chi connectivity index (χ1v) is 7.05. The van der Waals surface area contributed by atoms with Gasteiger partial charge in [0.25, 0.3) is 0 Å². The summed E-state index contributed by atoms with van der Waals surface area (Å²) in [7, 11) is 1.66. The highest BCUT2D eigenvalue weighted by atomic mass is 32.2. The highest BCUT2D eigenvalue weighted by Gasteiger charge is 2.16. The van der Waals surface area contributed by atoms with Gasteiger partial charge < -0.3 is 10.5 Å². The lowest BCUT2D eigenvalue weighted by Crippen LogP contribution is -2.05. The smallest absolute Gasteiger partial charge is 0.140 e. The maximum absolute atomic E-state index is 5.76. The Morgan fingerprint density at radius 2 is 2.18 bits per heavy atom. The maximum atomic E-state index is 5.76. The monoisotopic (exact) mass is 253 g/mol. The van der Waals surface area contributed by atoms with Crippen LogP contribution in [0.2, 0.25) is 0 Å². The molecule has 1 aliphatic carbocycles. The van der Waals surface area contributed by atoms with E-state index in [9.17, 15) is 0 Å². The summed E-state index contributed by atoms with van der Waals surface area (Å²) < 4.78 is 5.06. The summed E-state index contributed by atoms with van der Waals surface area (Å²) in [6.45, 7) is 0.494. The van der Waals surface area contributed by atoms with E-state index in [1.54, 1.807) is 13.2 Å². The van der Waals surface area contributed by atoms with Gasteiger partial charge in [-0.25, -0.2) is 9.97 Å². The Bertz CT molecular complexity index is 367. The summed E-state index contributed by atoms with van der Waals surface area (Å²) in [5.41, 5.74) is 6.62. The number of ether oxygens (including phenoxy) is 1. The fourth-order valence-electron chi connectivity index (χ4n) is 2.11. The highest BCUT2D eigenvalue weighted by molar-refractivity contribution is 7.99. The molecule has 1 fully saturated rings. The van der Waals surface area contributed by atoms with Crippen molar-refractivity contribution in [2.75, 3.05) is 12.8 Å². The van der Waals surface area contributed by atoms with Gasteiger partial charge in [0.15, 0.2) is 0 Å². The number of hydrogen-bond acceptors (Lipinski definition) is 5. The Balaban J connectivity index is 1.94. The van der Waals surface area contributed by atoms with Crippen LogP contribution in [0.5, 0.6) is 0 Å². The highest BCUT2D eigenvalue weighted by Crippen LogP contribution is 2.31. The van der Waals surface area contributed by atoms with Crippen molar-refractivity contribution < 1.29 is 4.74 Å². The van der Waals surface area contributed by atoms with Crippen molar-refractivity contribution in [3.05, 3.63) is 17.6 Å². The molecule has 1 saturated carbocycles. The first kappa shape index (κ1) is 12.6. The van der Waals surface area contributed by atoms with Crippen LogP contribution in [0.3, 0.4) is 0 Å². The molecule has 94 valence electrons. The molecule has 2 N–H and O–H groups in total. The summed E-state index contributed by atoms with van der Waals surface area (Å²) in [4.78, 5) is 8.71. The van der Waals surface area contributed by atoms with Crippen LogP contribution in [0.1, 0.15) is 37.2 Å². The number of rotatable bonds is 5. The van der Waals surface area contributed by atoms with E-state index in [0.29, 0.717) is 12.4 Å². The lowest BCUT2D eigenvalue weighted by Gasteiger charge is -2.09. The summed E-state index contributed by atoms with van der Waals surface area (Å²) >= 11 is 1.95. The van der Waals surface area contributed by atoms with E-state index in [1.165, 1.54) is 25.7 Å². The standard InChI is InChI=1S/C12H19N3OS/c1-16-7-9-6-11(13)15-12(14-9)8-17-10-4-2-3-5-10/h6,10H,2-5,7-8H2,1H3,(H2,13,14,15). The quantitative estimate of drug-likeness (QED) is 0.873. The Hall–Kier alpha value is -0.810. The third-order valence-electron chi connectivity index (χ3n) is 2.89. The molecule has 0 amide bonds. The van der Waals surface area contributed by atoms with Gasteiger partial charge in [-0.05, 0) is 12.8 Å². The van der Waals surface area contributed by atoms with E-state index < -0.39 is 0 Å². The van der Waals surface area contributed by atoms with Gasteiger partial charge in [0, 0.05) is 18.4 Å². The lowest BCUT2D eigenvalue weighted by atomic mass is 10.4. The minimum absolute atomic E-state index is 0.494. The fourth-order valence-corrected chi connectivity index (χ4v) is 3.29. The van der Waals surface area contributed by atoms with Crippen molar-refractivity contribution in [2.24, 2.45) is 0 Å². The van der Waals surface area contributed by atoms with Crippen molar-refractivity contribution in [3.63, 3.8) is 0 Å². The average Bonchev–Trinajstić information content (AvgIpc) is 2.79. The molecular weight excluding hydrogens is 234 g/mol. The van der Waals surface area contributed by atoms with Gasteiger partial charge in [-0.15, -0.1) is 0 Å². The van der Waals surface area contributed by atoms with E-state index >= 15 is 0 Å². The molecule has 4 nitrogen and oxygen atoms in total. The molecular formula is C12H19N3OS.